The van der Waals surface area contributed by atoms with Crippen molar-refractivity contribution in [3.8, 4) is 0 Å². The Hall–Kier alpha value is -0.960. The summed E-state index contributed by atoms with van der Waals surface area (Å²) in [6.07, 6.45) is -27.6. The van der Waals surface area contributed by atoms with Crippen LogP contribution in [0.3, 0.4) is 0 Å². The zero-order valence-corrected chi connectivity index (χ0v) is 42.4. The molecule has 15 N–H and O–H groups in total. The van der Waals surface area contributed by atoms with E-state index in [0.29, 0.717) is 37.1 Å². The van der Waals surface area contributed by atoms with Crippen LogP contribution in [-0.2, 0) is 42.6 Å². The Balaban J connectivity index is 0.819. The smallest absolute Gasteiger partial charge is 0.208 e. The van der Waals surface area contributed by atoms with Gasteiger partial charge in [-0.3, -0.25) is 0 Å². The Morgan fingerprint density at radius 3 is 1.89 bits per heavy atom. The Bertz CT molecular complexity index is 1910. The molecule has 0 aromatic heterocycles. The van der Waals surface area contributed by atoms with Crippen molar-refractivity contribution < 1.29 is 114 Å². The number of hydrogen-bond donors (Lipinski definition) is 15. The van der Waals surface area contributed by atoms with E-state index in [1.54, 1.807) is 0 Å². The molecule has 10 aliphatic rings. The minimum Gasteiger partial charge on any atom is -0.394 e. The highest BCUT2D eigenvalue weighted by Gasteiger charge is 2.69. The van der Waals surface area contributed by atoms with Crippen molar-refractivity contribution in [2.75, 3.05) is 33.0 Å². The first-order valence-electron chi connectivity index (χ1n) is 27.1. The lowest BCUT2D eigenvalue weighted by atomic mass is 9.44. The largest absolute Gasteiger partial charge is 0.394 e. The molecule has 0 spiro atoms. The quantitative estimate of drug-likeness (QED) is 0.0864. The summed E-state index contributed by atoms with van der Waals surface area (Å²) in [6, 6.07) is -0.354. The predicted molar refractivity (Wildman–Crippen MR) is 247 cm³/mol. The first-order valence-corrected chi connectivity index (χ1v) is 27.1. The number of nitrogens with one attached hydrogen (secondary N) is 1. The maximum atomic E-state index is 11.9. The van der Waals surface area contributed by atoms with E-state index in [0.717, 1.165) is 38.5 Å². The summed E-state index contributed by atoms with van der Waals surface area (Å²) >= 11 is 0. The van der Waals surface area contributed by atoms with Crippen LogP contribution >= 0.6 is 0 Å². The molecule has 0 aromatic rings. The molecule has 0 amide bonds. The molecule has 74 heavy (non-hydrogen) atoms. The average Bonchev–Trinajstić information content (AvgIpc) is 3.71. The van der Waals surface area contributed by atoms with Crippen molar-refractivity contribution in [3.63, 3.8) is 0 Å². The van der Waals surface area contributed by atoms with Gasteiger partial charge < -0.3 is 119 Å². The molecule has 0 radical (unpaired) electrons. The van der Waals surface area contributed by atoms with Crippen molar-refractivity contribution in [2.24, 2.45) is 52.3 Å². The molecule has 10 rings (SSSR count). The van der Waals surface area contributed by atoms with E-state index < -0.39 is 155 Å². The summed E-state index contributed by atoms with van der Waals surface area (Å²) in [6.45, 7) is 6.56. The van der Waals surface area contributed by atoms with Gasteiger partial charge in [0.25, 0.3) is 0 Å². The standard InChI is InChI=1S/C50H83NO23/c1-18-13-51-42-19(2)30-26(74-50(42,65)43(18)64)12-24-22-6-5-20-11-21(7-9-48(20,3)23(22)8-10-49(24,30)4)67-45-38(63)35(60)39(29(16-54)70-45)71-47-41(73-46-37(62)34(59)32(57)27(14-52)68-46)40(33(58)28(15-53)69-47)72-44-36(61)31(56)25(55)17-66-44/h18-47,51-65H,5-17H2,1-4H3/t18-,19-,20-,21-,22+,23-,24-,25+,26-,27+,28+,29+,30-,31-,32+,33+,34-,35+,36+,37+,38+,39-,40-,41+,42+,43+,44-,45+,46-,47-,48-,49-,50-/m0/s1. The van der Waals surface area contributed by atoms with E-state index in [1.165, 1.54) is 0 Å². The molecule has 6 aliphatic heterocycles. The minimum atomic E-state index is -2.01. The summed E-state index contributed by atoms with van der Waals surface area (Å²) in [4.78, 5) is 0. The summed E-state index contributed by atoms with van der Waals surface area (Å²) in [5.74, 6) is 0.174. The minimum absolute atomic E-state index is 0.000111. The molecular formula is C50H83NO23. The first-order chi connectivity index (χ1) is 35.1. The van der Waals surface area contributed by atoms with Crippen LogP contribution in [0.5, 0.6) is 0 Å². The molecule has 0 aromatic carbocycles. The second kappa shape index (κ2) is 21.5. The van der Waals surface area contributed by atoms with Crippen LogP contribution in [0.25, 0.3) is 0 Å². The Kier molecular flexibility index (Phi) is 16.4. The van der Waals surface area contributed by atoms with Gasteiger partial charge in [0.1, 0.15) is 97.7 Å². The SMILES string of the molecule is C[C@H]1[C@H]2[C@H](C[C@H]3[C@@H]4CC[C@H]5C[C@@H](O[C@@H]6O[C@H](CO)[C@H](O[C@@H]7O[C@H](CO)[C@@H](O)[C@H](O[C@@H]8OC[C@@H](O)[C@H](O)[C@H]8O)[C@H]7O[C@@H]7O[C@H](CO)[C@@H](O)[C@H](O)[C@H]7O)[C@H](O)[C@H]6O)CC[C@]5(C)[C@H]4CC[C@]23C)O[C@]2(O)[C@H](O)[C@@H](C)CN[C@H]12. The topological polar surface area (TPSA) is 378 Å². The average molecular weight is 1070 g/mol. The lowest BCUT2D eigenvalue weighted by Crippen LogP contribution is -2.73. The van der Waals surface area contributed by atoms with Gasteiger partial charge in [0, 0.05) is 6.54 Å². The molecule has 24 heteroatoms. The Morgan fingerprint density at radius 2 is 1.18 bits per heavy atom. The third-order valence-electron chi connectivity index (χ3n) is 20.3. The predicted octanol–water partition coefficient (Wildman–Crippen LogP) is -4.76. The third-order valence-corrected chi connectivity index (χ3v) is 20.3. The fraction of sp³-hybridized carbons (Fsp3) is 1.00. The van der Waals surface area contributed by atoms with Crippen LogP contribution in [0.1, 0.15) is 79.1 Å². The molecule has 426 valence electrons. The molecule has 0 bridgehead atoms. The van der Waals surface area contributed by atoms with Crippen molar-refractivity contribution in [1.82, 2.24) is 5.32 Å². The van der Waals surface area contributed by atoms with Gasteiger partial charge in [-0.1, -0.05) is 27.7 Å². The molecule has 10 fully saturated rings. The Labute approximate surface area is 429 Å². The number of fused-ring (bicyclic) bond motifs is 8. The van der Waals surface area contributed by atoms with Crippen LogP contribution in [0, 0.1) is 52.3 Å². The van der Waals surface area contributed by atoms with E-state index >= 15 is 0 Å². The summed E-state index contributed by atoms with van der Waals surface area (Å²) in [7, 11) is 0. The van der Waals surface area contributed by atoms with Gasteiger partial charge in [0.15, 0.2) is 25.2 Å². The van der Waals surface area contributed by atoms with E-state index in [9.17, 15) is 71.5 Å². The van der Waals surface area contributed by atoms with Crippen LogP contribution < -0.4 is 5.32 Å². The maximum absolute atomic E-state index is 11.9. The third kappa shape index (κ3) is 9.35. The molecule has 4 aliphatic carbocycles. The lowest BCUT2D eigenvalue weighted by Gasteiger charge is -2.62. The van der Waals surface area contributed by atoms with Crippen LogP contribution in [-0.4, -0.2) is 251 Å². The zero-order valence-electron chi connectivity index (χ0n) is 42.4. The van der Waals surface area contributed by atoms with Crippen LogP contribution in [0.15, 0.2) is 0 Å². The van der Waals surface area contributed by atoms with Crippen molar-refractivity contribution in [2.45, 2.75) is 226 Å². The number of aliphatic hydroxyl groups excluding tert-OH is 13. The highest BCUT2D eigenvalue weighted by atomic mass is 16.8. The van der Waals surface area contributed by atoms with Gasteiger partial charge in [-0.2, -0.15) is 0 Å². The van der Waals surface area contributed by atoms with E-state index in [-0.39, 0.29) is 52.8 Å². The zero-order chi connectivity index (χ0) is 53.1. The van der Waals surface area contributed by atoms with E-state index in [2.05, 4.69) is 26.1 Å². The highest BCUT2D eigenvalue weighted by Crippen LogP contribution is 2.70. The van der Waals surface area contributed by atoms with Gasteiger partial charge in [-0.25, -0.2) is 0 Å². The number of ether oxygens (including phenoxy) is 9. The number of piperidine rings is 1. The summed E-state index contributed by atoms with van der Waals surface area (Å²) in [5.41, 5.74) is 0.0215. The van der Waals surface area contributed by atoms with Crippen LogP contribution in [0.2, 0.25) is 0 Å². The van der Waals surface area contributed by atoms with Gasteiger partial charge in [0.2, 0.25) is 5.79 Å². The van der Waals surface area contributed by atoms with Crippen molar-refractivity contribution >= 4 is 0 Å². The summed E-state index contributed by atoms with van der Waals surface area (Å²) < 4.78 is 54.5. The van der Waals surface area contributed by atoms with E-state index in [4.69, 9.17) is 42.6 Å². The molecule has 33 atom stereocenters. The van der Waals surface area contributed by atoms with Gasteiger partial charge in [-0.05, 0) is 104 Å². The molecule has 24 nitrogen and oxygen atoms in total. The maximum Gasteiger partial charge on any atom is 0.208 e. The fourth-order valence-electron chi connectivity index (χ4n) is 16.3. The second-order valence-electron chi connectivity index (χ2n) is 24.2. The molecule has 6 saturated heterocycles. The van der Waals surface area contributed by atoms with Gasteiger partial charge in [0.05, 0.1) is 44.7 Å². The number of rotatable bonds is 11. The monoisotopic (exact) mass is 1070 g/mol. The lowest BCUT2D eigenvalue weighted by molar-refractivity contribution is -0.404. The normalized spacial score (nSPS) is 58.6. The number of aliphatic hydroxyl groups is 14. The molecular weight excluding hydrogens is 983 g/mol. The van der Waals surface area contributed by atoms with Crippen molar-refractivity contribution in [1.29, 1.82) is 0 Å². The van der Waals surface area contributed by atoms with Gasteiger partial charge in [-0.15, -0.1) is 0 Å². The molecule has 0 unspecified atom stereocenters. The second-order valence-corrected chi connectivity index (χ2v) is 24.2. The first kappa shape index (κ1) is 56.3. The van der Waals surface area contributed by atoms with Crippen molar-refractivity contribution in [3.05, 3.63) is 0 Å². The number of hydrogen-bond acceptors (Lipinski definition) is 24. The molecule has 4 saturated carbocycles. The fourth-order valence-corrected chi connectivity index (χ4v) is 16.3. The molecule has 6 heterocycles. The van der Waals surface area contributed by atoms with E-state index in [1.807, 2.05) is 6.92 Å². The van der Waals surface area contributed by atoms with Gasteiger partial charge >= 0.3 is 0 Å². The summed E-state index contributed by atoms with van der Waals surface area (Å²) in [5, 5.41) is 156. The Morgan fingerprint density at radius 1 is 0.568 bits per heavy atom. The highest BCUT2D eigenvalue weighted by molar-refractivity contribution is 5.17. The van der Waals surface area contributed by atoms with Crippen LogP contribution in [0.4, 0.5) is 0 Å².